The maximum Gasteiger partial charge on any atom is 0.241 e. The lowest BCUT2D eigenvalue weighted by Gasteiger charge is -2.34. The summed E-state index contributed by atoms with van der Waals surface area (Å²) in [6, 6.07) is -0.0416. The average molecular weight is 270 g/mol. The summed E-state index contributed by atoms with van der Waals surface area (Å²) < 4.78 is 5.47. The highest BCUT2D eigenvalue weighted by Gasteiger charge is 2.42. The van der Waals surface area contributed by atoms with E-state index in [9.17, 15) is 4.79 Å². The standard InChI is InChI=1S/C15H30N2O2/c1-10(2)8-12-14(18)17(9-15(5,6)19-7)13(16-12)11(3)4/h10-13,16H,8-9H2,1-7H3. The van der Waals surface area contributed by atoms with Crippen LogP contribution in [0.25, 0.3) is 0 Å². The molecule has 19 heavy (non-hydrogen) atoms. The van der Waals surface area contributed by atoms with Crippen molar-refractivity contribution in [1.82, 2.24) is 10.2 Å². The molecule has 1 aliphatic heterocycles. The quantitative estimate of drug-likeness (QED) is 0.805. The van der Waals surface area contributed by atoms with E-state index in [-0.39, 0.29) is 23.7 Å². The molecule has 1 fully saturated rings. The van der Waals surface area contributed by atoms with Crippen molar-refractivity contribution in [2.24, 2.45) is 11.8 Å². The monoisotopic (exact) mass is 270 g/mol. The van der Waals surface area contributed by atoms with Crippen LogP contribution in [0.15, 0.2) is 0 Å². The van der Waals surface area contributed by atoms with E-state index in [1.165, 1.54) is 0 Å². The van der Waals surface area contributed by atoms with Crippen molar-refractivity contribution in [2.75, 3.05) is 13.7 Å². The van der Waals surface area contributed by atoms with Crippen molar-refractivity contribution in [3.63, 3.8) is 0 Å². The molecule has 0 bridgehead atoms. The predicted octanol–water partition coefficient (Wildman–Crippen LogP) is 2.24. The largest absolute Gasteiger partial charge is 0.377 e. The lowest BCUT2D eigenvalue weighted by molar-refractivity contribution is -0.134. The van der Waals surface area contributed by atoms with E-state index in [1.54, 1.807) is 7.11 Å². The Morgan fingerprint density at radius 1 is 1.32 bits per heavy atom. The summed E-state index contributed by atoms with van der Waals surface area (Å²) in [7, 11) is 1.70. The molecule has 0 radical (unpaired) electrons. The van der Waals surface area contributed by atoms with Gasteiger partial charge in [-0.25, -0.2) is 0 Å². The van der Waals surface area contributed by atoms with E-state index in [0.717, 1.165) is 6.42 Å². The van der Waals surface area contributed by atoms with Gasteiger partial charge < -0.3 is 9.64 Å². The SMILES string of the molecule is COC(C)(C)CN1C(=O)C(CC(C)C)NC1C(C)C. The number of carbonyl (C=O) groups excluding carboxylic acids is 1. The van der Waals surface area contributed by atoms with Gasteiger partial charge in [-0.1, -0.05) is 27.7 Å². The maximum atomic E-state index is 12.6. The number of hydrogen-bond donors (Lipinski definition) is 1. The summed E-state index contributed by atoms with van der Waals surface area (Å²) in [4.78, 5) is 14.5. The predicted molar refractivity (Wildman–Crippen MR) is 77.8 cm³/mol. The third-order valence-corrected chi connectivity index (χ3v) is 3.73. The van der Waals surface area contributed by atoms with Crippen LogP contribution >= 0.6 is 0 Å². The van der Waals surface area contributed by atoms with Crippen molar-refractivity contribution >= 4 is 5.91 Å². The Morgan fingerprint density at radius 2 is 1.89 bits per heavy atom. The van der Waals surface area contributed by atoms with Gasteiger partial charge in [0, 0.05) is 7.11 Å². The molecule has 1 heterocycles. The van der Waals surface area contributed by atoms with Gasteiger partial charge in [-0.3, -0.25) is 10.1 Å². The van der Waals surface area contributed by atoms with Gasteiger partial charge in [-0.05, 0) is 32.1 Å². The second kappa shape index (κ2) is 6.23. The first-order valence-corrected chi connectivity index (χ1v) is 7.29. The fourth-order valence-electron chi connectivity index (χ4n) is 2.55. The van der Waals surface area contributed by atoms with E-state index >= 15 is 0 Å². The van der Waals surface area contributed by atoms with E-state index in [2.05, 4.69) is 33.0 Å². The van der Waals surface area contributed by atoms with E-state index in [0.29, 0.717) is 18.4 Å². The third-order valence-electron chi connectivity index (χ3n) is 3.73. The Kier molecular flexibility index (Phi) is 5.39. The number of amides is 1. The molecular weight excluding hydrogens is 240 g/mol. The van der Waals surface area contributed by atoms with Crippen LogP contribution < -0.4 is 5.32 Å². The van der Waals surface area contributed by atoms with Crippen LogP contribution in [0.1, 0.15) is 48.0 Å². The lowest BCUT2D eigenvalue weighted by atomic mass is 10.0. The summed E-state index contributed by atoms with van der Waals surface area (Å²) in [5.41, 5.74) is -0.308. The fraction of sp³-hybridized carbons (Fsp3) is 0.933. The van der Waals surface area contributed by atoms with Gasteiger partial charge >= 0.3 is 0 Å². The Balaban J connectivity index is 2.83. The number of ether oxygens (including phenoxy) is 1. The lowest BCUT2D eigenvalue weighted by Crippen LogP contribution is -2.48. The summed E-state index contributed by atoms with van der Waals surface area (Å²) in [6.45, 7) is 13.3. The topological polar surface area (TPSA) is 41.6 Å². The molecule has 2 atom stereocenters. The zero-order valence-electron chi connectivity index (χ0n) is 13.5. The number of nitrogens with one attached hydrogen (secondary N) is 1. The number of methoxy groups -OCH3 is 1. The molecule has 1 amide bonds. The summed E-state index contributed by atoms with van der Waals surface area (Å²) >= 11 is 0. The zero-order chi connectivity index (χ0) is 14.8. The first-order chi connectivity index (χ1) is 8.68. The smallest absolute Gasteiger partial charge is 0.241 e. The van der Waals surface area contributed by atoms with Gasteiger partial charge in [-0.15, -0.1) is 0 Å². The summed E-state index contributed by atoms with van der Waals surface area (Å²) in [5.74, 6) is 1.14. The first-order valence-electron chi connectivity index (χ1n) is 7.29. The number of nitrogens with zero attached hydrogens (tertiary/aromatic N) is 1. The average Bonchev–Trinajstić information content (AvgIpc) is 2.57. The molecule has 1 aliphatic rings. The first kappa shape index (κ1) is 16.4. The molecule has 0 aromatic heterocycles. The normalized spacial score (nSPS) is 24.9. The molecule has 2 unspecified atom stereocenters. The highest BCUT2D eigenvalue weighted by molar-refractivity contribution is 5.84. The van der Waals surface area contributed by atoms with Crippen LogP contribution in [0.2, 0.25) is 0 Å². The second-order valence-electron chi connectivity index (χ2n) is 6.97. The molecule has 0 aromatic rings. The molecule has 0 spiro atoms. The molecule has 4 heteroatoms. The van der Waals surface area contributed by atoms with Gasteiger partial charge in [0.25, 0.3) is 0 Å². The molecular formula is C15H30N2O2. The molecule has 0 aromatic carbocycles. The van der Waals surface area contributed by atoms with Gasteiger partial charge in [0.05, 0.1) is 24.4 Å². The molecule has 1 rings (SSSR count). The fourth-order valence-corrected chi connectivity index (χ4v) is 2.55. The number of rotatable bonds is 6. The van der Waals surface area contributed by atoms with Gasteiger partial charge in [0.1, 0.15) is 0 Å². The van der Waals surface area contributed by atoms with Crippen LogP contribution in [0, 0.1) is 11.8 Å². The molecule has 0 saturated carbocycles. The Hall–Kier alpha value is -0.610. The van der Waals surface area contributed by atoms with Crippen molar-refractivity contribution < 1.29 is 9.53 Å². The van der Waals surface area contributed by atoms with Crippen molar-refractivity contribution in [3.8, 4) is 0 Å². The van der Waals surface area contributed by atoms with Crippen LogP contribution in [0.3, 0.4) is 0 Å². The van der Waals surface area contributed by atoms with Crippen LogP contribution in [0.5, 0.6) is 0 Å². The van der Waals surface area contributed by atoms with E-state index < -0.39 is 0 Å². The van der Waals surface area contributed by atoms with E-state index in [4.69, 9.17) is 4.74 Å². The Bertz CT molecular complexity index is 313. The van der Waals surface area contributed by atoms with Crippen LogP contribution in [-0.4, -0.2) is 42.3 Å². The van der Waals surface area contributed by atoms with Crippen molar-refractivity contribution in [1.29, 1.82) is 0 Å². The molecule has 112 valence electrons. The Labute approximate surface area is 117 Å². The summed E-state index contributed by atoms with van der Waals surface area (Å²) in [5, 5.41) is 3.49. The van der Waals surface area contributed by atoms with Crippen LogP contribution in [-0.2, 0) is 9.53 Å². The zero-order valence-corrected chi connectivity index (χ0v) is 13.5. The molecule has 0 aliphatic carbocycles. The van der Waals surface area contributed by atoms with Gasteiger partial charge in [-0.2, -0.15) is 0 Å². The summed E-state index contributed by atoms with van der Waals surface area (Å²) in [6.07, 6.45) is 1.01. The number of hydrogen-bond acceptors (Lipinski definition) is 3. The molecule has 1 saturated heterocycles. The highest BCUT2D eigenvalue weighted by Crippen LogP contribution is 2.24. The third kappa shape index (κ3) is 4.18. The van der Waals surface area contributed by atoms with E-state index in [1.807, 2.05) is 18.7 Å². The minimum atomic E-state index is -0.308. The molecule has 1 N–H and O–H groups in total. The minimum Gasteiger partial charge on any atom is -0.377 e. The highest BCUT2D eigenvalue weighted by atomic mass is 16.5. The van der Waals surface area contributed by atoms with Gasteiger partial charge in [0.2, 0.25) is 5.91 Å². The maximum absolute atomic E-state index is 12.6. The molecule has 4 nitrogen and oxygen atoms in total. The minimum absolute atomic E-state index is 0.0416. The van der Waals surface area contributed by atoms with Crippen molar-refractivity contribution in [3.05, 3.63) is 0 Å². The van der Waals surface area contributed by atoms with Crippen LogP contribution in [0.4, 0.5) is 0 Å². The Morgan fingerprint density at radius 3 is 2.32 bits per heavy atom. The van der Waals surface area contributed by atoms with Crippen molar-refractivity contribution in [2.45, 2.75) is 65.8 Å². The second-order valence-corrected chi connectivity index (χ2v) is 6.97. The van der Waals surface area contributed by atoms with Gasteiger partial charge in [0.15, 0.2) is 0 Å². The number of carbonyl (C=O) groups is 1.